The van der Waals surface area contributed by atoms with Crippen molar-refractivity contribution in [2.24, 2.45) is 0 Å². The molecule has 61 valence electrons. The second-order valence-corrected chi connectivity index (χ2v) is 4.34. The van der Waals surface area contributed by atoms with Gasteiger partial charge in [-0.2, -0.15) is 0 Å². The van der Waals surface area contributed by atoms with Crippen LogP contribution < -0.4 is 0 Å². The minimum Gasteiger partial charge on any atom is -0.294 e. The Kier molecular flexibility index (Phi) is 1.31. The molecular formula is C10H16N. The fraction of sp³-hybridized carbons (Fsp3) is 0.900. The lowest BCUT2D eigenvalue weighted by atomic mass is 9.75. The number of fused-ring (bicyclic) bond motifs is 2. The van der Waals surface area contributed by atoms with Gasteiger partial charge >= 0.3 is 0 Å². The zero-order valence-electron chi connectivity index (χ0n) is 7.00. The van der Waals surface area contributed by atoms with Crippen LogP contribution in [0.4, 0.5) is 0 Å². The quantitative estimate of drug-likeness (QED) is 0.552. The summed E-state index contributed by atoms with van der Waals surface area (Å²) in [5, 5.41) is 0. The standard InChI is InChI=1S/C10H16N/c1-3-8(4-1)11-9-5-2-6-10(11)7-9/h1,8-10H,2-7H2. The van der Waals surface area contributed by atoms with Crippen molar-refractivity contribution in [3.05, 3.63) is 6.42 Å². The zero-order chi connectivity index (χ0) is 7.26. The van der Waals surface area contributed by atoms with E-state index in [-0.39, 0.29) is 0 Å². The van der Waals surface area contributed by atoms with E-state index in [1.54, 1.807) is 0 Å². The van der Waals surface area contributed by atoms with E-state index in [0.29, 0.717) is 0 Å². The molecule has 0 aromatic heterocycles. The van der Waals surface area contributed by atoms with Gasteiger partial charge in [-0.1, -0.05) is 6.42 Å². The van der Waals surface area contributed by atoms with Gasteiger partial charge in [-0.3, -0.25) is 4.90 Å². The predicted molar refractivity (Wildman–Crippen MR) is 45.2 cm³/mol. The van der Waals surface area contributed by atoms with E-state index < -0.39 is 0 Å². The third kappa shape index (κ3) is 0.807. The van der Waals surface area contributed by atoms with Gasteiger partial charge in [0.25, 0.3) is 0 Å². The summed E-state index contributed by atoms with van der Waals surface area (Å²) in [4.78, 5) is 2.81. The maximum absolute atomic E-state index is 2.81. The lowest BCUT2D eigenvalue weighted by molar-refractivity contribution is -0.0732. The first-order chi connectivity index (χ1) is 5.45. The van der Waals surface area contributed by atoms with Gasteiger partial charge in [0.2, 0.25) is 0 Å². The number of piperidine rings is 1. The summed E-state index contributed by atoms with van der Waals surface area (Å²) in [6.07, 6.45) is 11.2. The smallest absolute Gasteiger partial charge is 0.0116 e. The molecule has 3 rings (SSSR count). The third-order valence-corrected chi connectivity index (χ3v) is 3.76. The molecule has 11 heavy (non-hydrogen) atoms. The molecule has 0 amide bonds. The first-order valence-electron chi connectivity index (χ1n) is 5.04. The van der Waals surface area contributed by atoms with Crippen molar-refractivity contribution in [3.63, 3.8) is 0 Å². The van der Waals surface area contributed by atoms with Crippen LogP contribution in [0.3, 0.4) is 0 Å². The minimum atomic E-state index is 0.971. The molecule has 3 aliphatic rings. The minimum absolute atomic E-state index is 0.971. The Labute approximate surface area is 68.8 Å². The highest BCUT2D eigenvalue weighted by molar-refractivity contribution is 5.05. The van der Waals surface area contributed by atoms with Crippen molar-refractivity contribution >= 4 is 0 Å². The molecule has 0 spiro atoms. The van der Waals surface area contributed by atoms with Gasteiger partial charge in [0, 0.05) is 18.1 Å². The van der Waals surface area contributed by atoms with E-state index in [0.717, 1.165) is 18.1 Å². The molecule has 1 radical (unpaired) electrons. The van der Waals surface area contributed by atoms with E-state index in [9.17, 15) is 0 Å². The molecule has 1 nitrogen and oxygen atoms in total. The molecule has 2 heterocycles. The first kappa shape index (κ1) is 6.47. The summed E-state index contributed by atoms with van der Waals surface area (Å²) >= 11 is 0. The van der Waals surface area contributed by atoms with Crippen LogP contribution in [0.15, 0.2) is 0 Å². The van der Waals surface area contributed by atoms with E-state index in [1.807, 2.05) is 0 Å². The number of hydrogen-bond acceptors (Lipinski definition) is 1. The summed E-state index contributed by atoms with van der Waals surface area (Å²) in [5.41, 5.74) is 0. The van der Waals surface area contributed by atoms with Gasteiger partial charge in [-0.15, -0.1) is 0 Å². The van der Waals surface area contributed by atoms with Crippen LogP contribution in [0, 0.1) is 6.42 Å². The number of rotatable bonds is 1. The molecule has 0 N–H and O–H groups in total. The largest absolute Gasteiger partial charge is 0.294 e. The Bertz CT molecular complexity index is 146. The Morgan fingerprint density at radius 2 is 1.73 bits per heavy atom. The van der Waals surface area contributed by atoms with Crippen molar-refractivity contribution in [1.29, 1.82) is 0 Å². The first-order valence-corrected chi connectivity index (χ1v) is 5.04. The van der Waals surface area contributed by atoms with Crippen LogP contribution in [0.25, 0.3) is 0 Å². The maximum Gasteiger partial charge on any atom is 0.0116 e. The molecule has 2 unspecified atom stereocenters. The molecule has 2 bridgehead atoms. The average Bonchev–Trinajstić information content (AvgIpc) is 1.98. The number of hydrogen-bond donors (Lipinski definition) is 0. The van der Waals surface area contributed by atoms with Gasteiger partial charge in [0.1, 0.15) is 0 Å². The van der Waals surface area contributed by atoms with Crippen molar-refractivity contribution < 1.29 is 0 Å². The highest BCUT2D eigenvalue weighted by Crippen LogP contribution is 2.43. The SMILES string of the molecule is [CH]1CC(N2C3CCCC2C3)C1. The molecule has 3 fully saturated rings. The van der Waals surface area contributed by atoms with Crippen LogP contribution in [-0.2, 0) is 0 Å². The molecule has 1 saturated carbocycles. The van der Waals surface area contributed by atoms with Crippen LogP contribution in [0.5, 0.6) is 0 Å². The molecular weight excluding hydrogens is 134 g/mol. The molecule has 1 heteroatoms. The normalized spacial score (nSPS) is 44.7. The highest BCUT2D eigenvalue weighted by atomic mass is 15.3. The van der Waals surface area contributed by atoms with Gasteiger partial charge in [-0.05, 0) is 38.5 Å². The lowest BCUT2D eigenvalue weighted by Crippen LogP contribution is -2.64. The maximum atomic E-state index is 2.81. The zero-order valence-corrected chi connectivity index (χ0v) is 7.00. The van der Waals surface area contributed by atoms with E-state index in [1.165, 1.54) is 38.5 Å². The molecule has 0 aromatic carbocycles. The molecule has 0 aromatic rings. The van der Waals surface area contributed by atoms with Crippen molar-refractivity contribution in [2.75, 3.05) is 0 Å². The lowest BCUT2D eigenvalue weighted by Gasteiger charge is -2.58. The second kappa shape index (κ2) is 2.22. The Morgan fingerprint density at radius 3 is 2.18 bits per heavy atom. The van der Waals surface area contributed by atoms with Crippen molar-refractivity contribution in [1.82, 2.24) is 4.90 Å². The monoisotopic (exact) mass is 150 g/mol. The van der Waals surface area contributed by atoms with Gasteiger partial charge in [-0.25, -0.2) is 0 Å². The predicted octanol–water partition coefficient (Wildman–Crippen LogP) is 1.98. The molecule has 2 saturated heterocycles. The summed E-state index contributed by atoms with van der Waals surface area (Å²) in [6, 6.07) is 2.99. The average molecular weight is 150 g/mol. The van der Waals surface area contributed by atoms with E-state index >= 15 is 0 Å². The van der Waals surface area contributed by atoms with Crippen molar-refractivity contribution in [2.45, 2.75) is 56.7 Å². The van der Waals surface area contributed by atoms with E-state index in [4.69, 9.17) is 0 Å². The Hall–Kier alpha value is -0.0400. The fourth-order valence-corrected chi connectivity index (χ4v) is 3.00. The Balaban J connectivity index is 1.69. The molecule has 2 atom stereocenters. The molecule has 1 aliphatic carbocycles. The Morgan fingerprint density at radius 1 is 1.00 bits per heavy atom. The van der Waals surface area contributed by atoms with Crippen LogP contribution in [0.1, 0.15) is 38.5 Å². The second-order valence-electron chi connectivity index (χ2n) is 4.34. The van der Waals surface area contributed by atoms with Gasteiger partial charge in [0.15, 0.2) is 0 Å². The van der Waals surface area contributed by atoms with Gasteiger partial charge < -0.3 is 0 Å². The van der Waals surface area contributed by atoms with E-state index in [2.05, 4.69) is 11.3 Å². The fourth-order valence-electron chi connectivity index (χ4n) is 3.00. The topological polar surface area (TPSA) is 3.24 Å². The van der Waals surface area contributed by atoms with Gasteiger partial charge in [0.05, 0.1) is 0 Å². The van der Waals surface area contributed by atoms with Crippen LogP contribution in [0.2, 0.25) is 0 Å². The summed E-state index contributed by atoms with van der Waals surface area (Å²) in [6.45, 7) is 0. The van der Waals surface area contributed by atoms with Crippen LogP contribution >= 0.6 is 0 Å². The summed E-state index contributed by atoms with van der Waals surface area (Å²) in [7, 11) is 0. The summed E-state index contributed by atoms with van der Waals surface area (Å²) in [5.74, 6) is 0. The highest BCUT2D eigenvalue weighted by Gasteiger charge is 2.45. The molecule has 2 aliphatic heterocycles. The van der Waals surface area contributed by atoms with Crippen LogP contribution in [-0.4, -0.2) is 23.0 Å². The van der Waals surface area contributed by atoms with Crippen molar-refractivity contribution in [3.8, 4) is 0 Å². The summed E-state index contributed by atoms with van der Waals surface area (Å²) < 4.78 is 0. The number of nitrogens with zero attached hydrogens (tertiary/aromatic N) is 1. The third-order valence-electron chi connectivity index (χ3n) is 3.76.